The Morgan fingerprint density at radius 3 is 2.86 bits per heavy atom. The van der Waals surface area contributed by atoms with E-state index in [2.05, 4.69) is 11.1 Å². The van der Waals surface area contributed by atoms with E-state index in [0.29, 0.717) is 35.7 Å². The SMILES string of the molecule is Cc1cc(=O)[nH]c(SCC(=O)N(C[C@@H]2CCCO2)[C@@H]2CCS(=O)(=O)C2)c1C#N. The Labute approximate surface area is 168 Å². The first-order chi connectivity index (χ1) is 13.3. The van der Waals surface area contributed by atoms with Crippen molar-refractivity contribution in [1.82, 2.24) is 9.88 Å². The minimum atomic E-state index is -3.13. The first-order valence-corrected chi connectivity index (χ1v) is 12.0. The molecule has 1 aromatic rings. The minimum Gasteiger partial charge on any atom is -0.376 e. The second kappa shape index (κ2) is 8.68. The molecule has 3 heterocycles. The number of amides is 1. The van der Waals surface area contributed by atoms with Crippen molar-refractivity contribution in [3.8, 4) is 6.07 Å². The summed E-state index contributed by atoms with van der Waals surface area (Å²) < 4.78 is 29.4. The van der Waals surface area contributed by atoms with Crippen LogP contribution in [-0.2, 0) is 19.4 Å². The molecule has 1 N–H and O–H groups in total. The van der Waals surface area contributed by atoms with Crippen LogP contribution in [0, 0.1) is 18.3 Å². The zero-order valence-corrected chi connectivity index (χ0v) is 17.3. The molecule has 1 aromatic heterocycles. The number of nitrogens with one attached hydrogen (secondary N) is 1. The summed E-state index contributed by atoms with van der Waals surface area (Å²) in [7, 11) is -3.13. The van der Waals surface area contributed by atoms with Gasteiger partial charge in [-0.15, -0.1) is 0 Å². The van der Waals surface area contributed by atoms with Crippen LogP contribution in [0.2, 0.25) is 0 Å². The Bertz CT molecular complexity index is 945. The van der Waals surface area contributed by atoms with Crippen LogP contribution in [0.3, 0.4) is 0 Å². The summed E-state index contributed by atoms with van der Waals surface area (Å²) in [4.78, 5) is 28.9. The van der Waals surface area contributed by atoms with Gasteiger partial charge in [0.15, 0.2) is 9.84 Å². The molecule has 3 rings (SSSR count). The number of ether oxygens (including phenoxy) is 1. The lowest BCUT2D eigenvalue weighted by Crippen LogP contribution is -2.46. The molecule has 0 spiro atoms. The standard InChI is InChI=1S/C18H23N3O5S2/c1-12-7-16(22)20-18(15(12)8-19)27-10-17(23)21(9-14-3-2-5-26-14)13-4-6-28(24,25)11-13/h7,13-14H,2-6,9-11H2,1H3,(H,20,22)/t13-,14+/m1/s1. The molecular formula is C18H23N3O5S2. The van der Waals surface area contributed by atoms with Crippen molar-refractivity contribution >= 4 is 27.5 Å². The molecule has 0 bridgehead atoms. The van der Waals surface area contributed by atoms with Crippen molar-refractivity contribution < 1.29 is 17.9 Å². The molecule has 0 radical (unpaired) electrons. The predicted octanol–water partition coefficient (Wildman–Crippen LogP) is 0.842. The number of aryl methyl sites for hydroxylation is 1. The van der Waals surface area contributed by atoms with Gasteiger partial charge in [-0.25, -0.2) is 8.42 Å². The number of nitrogens with zero attached hydrogens (tertiary/aromatic N) is 2. The molecule has 0 unspecified atom stereocenters. The number of aromatic amines is 1. The van der Waals surface area contributed by atoms with E-state index in [1.807, 2.05) is 0 Å². The average Bonchev–Trinajstić information content (AvgIpc) is 3.26. The third-order valence-corrected chi connectivity index (χ3v) is 7.79. The number of thioether (sulfide) groups is 1. The molecule has 0 aliphatic carbocycles. The Morgan fingerprint density at radius 2 is 2.25 bits per heavy atom. The van der Waals surface area contributed by atoms with E-state index < -0.39 is 9.84 Å². The van der Waals surface area contributed by atoms with Gasteiger partial charge in [-0.1, -0.05) is 11.8 Å². The fourth-order valence-electron chi connectivity index (χ4n) is 3.61. The maximum atomic E-state index is 13.0. The zero-order valence-electron chi connectivity index (χ0n) is 15.6. The first kappa shape index (κ1) is 20.9. The molecule has 2 fully saturated rings. The summed E-state index contributed by atoms with van der Waals surface area (Å²) in [5, 5.41) is 9.68. The maximum Gasteiger partial charge on any atom is 0.249 e. The van der Waals surface area contributed by atoms with Crippen molar-refractivity contribution in [2.45, 2.75) is 43.4 Å². The number of pyridine rings is 1. The van der Waals surface area contributed by atoms with Crippen LogP contribution in [0.4, 0.5) is 0 Å². The molecule has 0 saturated carbocycles. The third-order valence-electron chi connectivity index (χ3n) is 5.05. The van der Waals surface area contributed by atoms with Crippen LogP contribution < -0.4 is 5.56 Å². The number of rotatable bonds is 6. The largest absolute Gasteiger partial charge is 0.376 e. The van der Waals surface area contributed by atoms with Gasteiger partial charge in [0, 0.05) is 25.3 Å². The zero-order chi connectivity index (χ0) is 20.3. The molecule has 2 aliphatic heterocycles. The van der Waals surface area contributed by atoms with E-state index in [1.54, 1.807) is 11.8 Å². The molecule has 28 heavy (non-hydrogen) atoms. The highest BCUT2D eigenvalue weighted by atomic mass is 32.2. The molecule has 0 aromatic carbocycles. The Hall–Kier alpha value is -1.83. The quantitative estimate of drug-likeness (QED) is 0.671. The van der Waals surface area contributed by atoms with Crippen LogP contribution in [0.1, 0.15) is 30.4 Å². The van der Waals surface area contributed by atoms with Gasteiger partial charge >= 0.3 is 0 Å². The highest BCUT2D eigenvalue weighted by Gasteiger charge is 2.36. The van der Waals surface area contributed by atoms with Crippen molar-refractivity contribution in [2.24, 2.45) is 0 Å². The van der Waals surface area contributed by atoms with Crippen molar-refractivity contribution in [2.75, 3.05) is 30.4 Å². The third kappa shape index (κ3) is 4.96. The number of carbonyl (C=O) groups is 1. The summed E-state index contributed by atoms with van der Waals surface area (Å²) in [6.07, 6.45) is 2.13. The van der Waals surface area contributed by atoms with Gasteiger partial charge in [0.05, 0.1) is 34.0 Å². The topological polar surface area (TPSA) is 120 Å². The lowest BCUT2D eigenvalue weighted by molar-refractivity contribution is -0.131. The molecule has 10 heteroatoms. The van der Waals surface area contributed by atoms with Crippen molar-refractivity contribution in [1.29, 1.82) is 5.26 Å². The highest BCUT2D eigenvalue weighted by Crippen LogP contribution is 2.25. The number of hydrogen-bond donors (Lipinski definition) is 1. The number of H-pyrrole nitrogens is 1. The maximum absolute atomic E-state index is 13.0. The van der Waals surface area contributed by atoms with E-state index >= 15 is 0 Å². The Morgan fingerprint density at radius 1 is 1.46 bits per heavy atom. The molecule has 2 aliphatic rings. The van der Waals surface area contributed by atoms with Crippen LogP contribution in [0.15, 0.2) is 15.9 Å². The van der Waals surface area contributed by atoms with E-state index in [-0.39, 0.29) is 40.9 Å². The van der Waals surface area contributed by atoms with Gasteiger partial charge < -0.3 is 14.6 Å². The summed E-state index contributed by atoms with van der Waals surface area (Å²) >= 11 is 1.09. The summed E-state index contributed by atoms with van der Waals surface area (Å²) in [6, 6.07) is 3.05. The van der Waals surface area contributed by atoms with Gasteiger partial charge in [0.25, 0.3) is 0 Å². The monoisotopic (exact) mass is 425 g/mol. The molecule has 2 atom stereocenters. The molecule has 8 nitrogen and oxygen atoms in total. The van der Waals surface area contributed by atoms with E-state index in [4.69, 9.17) is 4.74 Å². The fraction of sp³-hybridized carbons (Fsp3) is 0.611. The molecule has 2 saturated heterocycles. The van der Waals surface area contributed by atoms with Gasteiger partial charge in [-0.3, -0.25) is 9.59 Å². The minimum absolute atomic E-state index is 0.0113. The molecule has 1 amide bonds. The van der Waals surface area contributed by atoms with Crippen LogP contribution in [-0.4, -0.2) is 66.8 Å². The first-order valence-electron chi connectivity index (χ1n) is 9.17. The normalized spacial score (nSPS) is 23.4. The summed E-state index contributed by atoms with van der Waals surface area (Å²) in [6.45, 7) is 2.70. The highest BCUT2D eigenvalue weighted by molar-refractivity contribution is 8.00. The van der Waals surface area contributed by atoms with E-state index in [1.165, 1.54) is 6.07 Å². The second-order valence-electron chi connectivity index (χ2n) is 7.16. The van der Waals surface area contributed by atoms with Gasteiger partial charge in [0.1, 0.15) is 6.07 Å². The van der Waals surface area contributed by atoms with Gasteiger partial charge in [-0.2, -0.15) is 5.26 Å². The number of hydrogen-bond acceptors (Lipinski definition) is 7. The lowest BCUT2D eigenvalue weighted by atomic mass is 10.1. The smallest absolute Gasteiger partial charge is 0.249 e. The molecular weight excluding hydrogens is 402 g/mol. The average molecular weight is 426 g/mol. The van der Waals surface area contributed by atoms with Gasteiger partial charge in [0.2, 0.25) is 11.5 Å². The Kier molecular flexibility index (Phi) is 6.47. The number of aromatic nitrogens is 1. The predicted molar refractivity (Wildman–Crippen MR) is 105 cm³/mol. The van der Waals surface area contributed by atoms with Crippen molar-refractivity contribution in [3.05, 3.63) is 27.5 Å². The van der Waals surface area contributed by atoms with Crippen molar-refractivity contribution in [3.63, 3.8) is 0 Å². The second-order valence-corrected chi connectivity index (χ2v) is 10.4. The van der Waals surface area contributed by atoms with E-state index in [0.717, 1.165) is 24.6 Å². The summed E-state index contributed by atoms with van der Waals surface area (Å²) in [5.74, 6) is -0.143. The van der Waals surface area contributed by atoms with Crippen LogP contribution in [0.25, 0.3) is 0 Å². The van der Waals surface area contributed by atoms with Crippen LogP contribution in [0.5, 0.6) is 0 Å². The number of sulfone groups is 1. The lowest BCUT2D eigenvalue weighted by Gasteiger charge is -2.30. The van der Waals surface area contributed by atoms with Gasteiger partial charge in [-0.05, 0) is 31.7 Å². The van der Waals surface area contributed by atoms with Crippen LogP contribution >= 0.6 is 11.8 Å². The Balaban J connectivity index is 1.74. The fourth-order valence-corrected chi connectivity index (χ4v) is 6.29. The molecule has 152 valence electrons. The number of nitriles is 1. The van der Waals surface area contributed by atoms with E-state index in [9.17, 15) is 23.3 Å². The summed E-state index contributed by atoms with van der Waals surface area (Å²) in [5.41, 5.74) is 0.565. The number of carbonyl (C=O) groups excluding carboxylic acids is 1.